The molecule has 4 saturated carbocycles. The maximum absolute atomic E-state index is 13.5. The van der Waals surface area contributed by atoms with Gasteiger partial charge in [0.2, 0.25) is 0 Å². The zero-order valence-electron chi connectivity index (χ0n) is 28.6. The third-order valence-corrected chi connectivity index (χ3v) is 14.5. The van der Waals surface area contributed by atoms with Crippen LogP contribution in [0.15, 0.2) is 16.8 Å². The van der Waals surface area contributed by atoms with E-state index in [1.54, 1.807) is 7.11 Å². The third-order valence-electron chi connectivity index (χ3n) is 14.5. The summed E-state index contributed by atoms with van der Waals surface area (Å²) in [7, 11) is 1.56. The van der Waals surface area contributed by atoms with Crippen LogP contribution in [0.1, 0.15) is 119 Å². The number of nitrogens with zero attached hydrogens (tertiary/aromatic N) is 1. The van der Waals surface area contributed by atoms with Gasteiger partial charge in [-0.05, 0) is 104 Å². The molecule has 5 aliphatic carbocycles. The van der Waals surface area contributed by atoms with Crippen LogP contribution in [0.3, 0.4) is 0 Å². The molecule has 9 heteroatoms. The molecule has 1 aliphatic heterocycles. The van der Waals surface area contributed by atoms with Crippen molar-refractivity contribution in [3.8, 4) is 0 Å². The summed E-state index contributed by atoms with van der Waals surface area (Å²) in [6, 6.07) is -1.52. The second-order valence-corrected chi connectivity index (χ2v) is 17.3. The molecular weight excluding hydrogens is 570 g/mol. The number of fused-ring (bicyclic) bond motifs is 7. The van der Waals surface area contributed by atoms with E-state index in [2.05, 4.69) is 70.3 Å². The molecule has 9 nitrogen and oxygen atoms in total. The molecule has 0 aromatic heterocycles. The molecule has 1 heterocycles. The van der Waals surface area contributed by atoms with Gasteiger partial charge in [0.15, 0.2) is 0 Å². The topological polar surface area (TPSA) is 123 Å². The summed E-state index contributed by atoms with van der Waals surface area (Å²) in [4.78, 5) is 54.7. The van der Waals surface area contributed by atoms with Gasteiger partial charge in [0.25, 0.3) is 5.91 Å². The summed E-state index contributed by atoms with van der Waals surface area (Å²) in [6.45, 7) is 16.8. The number of carbonyl (C=O) groups excluding carboxylic acids is 4. The van der Waals surface area contributed by atoms with E-state index in [9.17, 15) is 19.2 Å². The van der Waals surface area contributed by atoms with Crippen molar-refractivity contribution in [1.82, 2.24) is 10.6 Å². The molecule has 5 fully saturated rings. The van der Waals surface area contributed by atoms with E-state index >= 15 is 0 Å². The number of methoxy groups -OCH3 is 1. The lowest BCUT2D eigenvalue weighted by Crippen LogP contribution is -2.64. The maximum atomic E-state index is 13.5. The third kappa shape index (κ3) is 4.63. The standard InChI is InChI=1S/C36H53N3O6/c1-31(2)15-17-36(29(42)44-8)18-16-34(6)21(22(36)20-31)9-10-25-33(5)13-12-26(32(3,4)24(33)11-14-35(25,34)7)39-45-27(40)19-23-28(41)38-30(43)37-23/h9,22-25H,10-20H2,1-8H3,(H2,37,38,41,43)/b39-26-/t22-,23-,24-,25+,33-,34+,35+,36-/m0/s1. The van der Waals surface area contributed by atoms with E-state index in [4.69, 9.17) is 9.57 Å². The monoisotopic (exact) mass is 623 g/mol. The van der Waals surface area contributed by atoms with Gasteiger partial charge in [-0.25, -0.2) is 9.59 Å². The fourth-order valence-corrected chi connectivity index (χ4v) is 11.7. The smallest absolute Gasteiger partial charge is 0.337 e. The van der Waals surface area contributed by atoms with Crippen molar-refractivity contribution < 1.29 is 28.8 Å². The van der Waals surface area contributed by atoms with E-state index < -0.39 is 29.4 Å². The maximum Gasteiger partial charge on any atom is 0.337 e. The van der Waals surface area contributed by atoms with Gasteiger partial charge >= 0.3 is 18.0 Å². The van der Waals surface area contributed by atoms with E-state index in [1.807, 2.05) is 0 Å². The van der Waals surface area contributed by atoms with Gasteiger partial charge in [0.05, 0.1) is 24.7 Å². The second kappa shape index (κ2) is 10.4. The van der Waals surface area contributed by atoms with E-state index in [-0.39, 0.29) is 45.4 Å². The minimum absolute atomic E-state index is 0.00768. The van der Waals surface area contributed by atoms with Crippen LogP contribution in [0, 0.1) is 50.2 Å². The average molecular weight is 624 g/mol. The molecule has 0 aromatic carbocycles. The molecule has 3 amide bonds. The van der Waals surface area contributed by atoms with Gasteiger partial charge in [-0.3, -0.25) is 14.9 Å². The van der Waals surface area contributed by atoms with Crippen molar-refractivity contribution in [2.24, 2.45) is 55.4 Å². The zero-order chi connectivity index (χ0) is 32.8. The fraction of sp³-hybridized carbons (Fsp3) is 0.806. The lowest BCUT2D eigenvalue weighted by atomic mass is 9.33. The largest absolute Gasteiger partial charge is 0.469 e. The highest BCUT2D eigenvalue weighted by atomic mass is 16.7. The molecule has 1 saturated heterocycles. The lowest BCUT2D eigenvalue weighted by Gasteiger charge is -2.70. The first kappa shape index (κ1) is 32.2. The first-order chi connectivity index (χ1) is 20.9. The van der Waals surface area contributed by atoms with Crippen molar-refractivity contribution in [2.75, 3.05) is 7.11 Å². The molecule has 8 atom stereocenters. The van der Waals surface area contributed by atoms with Crippen LogP contribution in [0.25, 0.3) is 0 Å². The van der Waals surface area contributed by atoms with Crippen molar-refractivity contribution in [1.29, 1.82) is 0 Å². The number of ether oxygens (including phenoxy) is 1. The van der Waals surface area contributed by atoms with Crippen LogP contribution in [0.5, 0.6) is 0 Å². The van der Waals surface area contributed by atoms with Crippen LogP contribution >= 0.6 is 0 Å². The molecule has 0 unspecified atom stereocenters. The average Bonchev–Trinajstić information content (AvgIpc) is 3.27. The minimum Gasteiger partial charge on any atom is -0.469 e. The van der Waals surface area contributed by atoms with Crippen molar-refractivity contribution in [2.45, 2.75) is 125 Å². The van der Waals surface area contributed by atoms with E-state index in [1.165, 1.54) is 5.57 Å². The summed E-state index contributed by atoms with van der Waals surface area (Å²) >= 11 is 0. The molecule has 0 bridgehead atoms. The van der Waals surface area contributed by atoms with Crippen LogP contribution in [-0.2, 0) is 24.0 Å². The molecule has 0 spiro atoms. The predicted molar refractivity (Wildman–Crippen MR) is 170 cm³/mol. The molecule has 2 N–H and O–H groups in total. The van der Waals surface area contributed by atoms with Crippen LogP contribution in [0.4, 0.5) is 4.79 Å². The number of imide groups is 1. The molecule has 0 radical (unpaired) electrons. The number of oxime groups is 1. The second-order valence-electron chi connectivity index (χ2n) is 17.3. The van der Waals surface area contributed by atoms with Gasteiger partial charge < -0.3 is 14.9 Å². The van der Waals surface area contributed by atoms with Gasteiger partial charge in [-0.15, -0.1) is 0 Å². The van der Waals surface area contributed by atoms with Crippen LogP contribution < -0.4 is 10.6 Å². The molecular formula is C36H53N3O6. The van der Waals surface area contributed by atoms with E-state index in [0.717, 1.165) is 69.9 Å². The first-order valence-corrected chi connectivity index (χ1v) is 17.1. The molecule has 0 aromatic rings. The summed E-state index contributed by atoms with van der Waals surface area (Å²) in [5.41, 5.74) is 2.17. The van der Waals surface area contributed by atoms with Gasteiger partial charge in [0.1, 0.15) is 6.04 Å². The Morgan fingerprint density at radius 3 is 2.33 bits per heavy atom. The summed E-state index contributed by atoms with van der Waals surface area (Å²) < 4.78 is 5.52. The predicted octanol–water partition coefficient (Wildman–Crippen LogP) is 6.46. The number of allylic oxidation sites excluding steroid dienone is 2. The molecule has 45 heavy (non-hydrogen) atoms. The Labute approximate surface area is 268 Å². The van der Waals surface area contributed by atoms with Crippen LogP contribution in [-0.4, -0.2) is 42.7 Å². The lowest BCUT2D eigenvalue weighted by molar-refractivity contribution is -0.181. The Balaban J connectivity index is 1.26. The number of urea groups is 1. The van der Waals surface area contributed by atoms with Crippen molar-refractivity contribution in [3.63, 3.8) is 0 Å². The number of amides is 3. The summed E-state index contributed by atoms with van der Waals surface area (Å²) in [5, 5.41) is 8.98. The summed E-state index contributed by atoms with van der Waals surface area (Å²) in [5.74, 6) is -0.0635. The Bertz CT molecular complexity index is 1380. The highest BCUT2D eigenvalue weighted by Gasteiger charge is 2.69. The minimum atomic E-state index is -0.924. The van der Waals surface area contributed by atoms with Gasteiger partial charge in [-0.2, -0.15) is 0 Å². The Morgan fingerprint density at radius 1 is 0.956 bits per heavy atom. The zero-order valence-corrected chi connectivity index (χ0v) is 28.6. The fourth-order valence-electron chi connectivity index (χ4n) is 11.7. The Kier molecular flexibility index (Phi) is 7.45. The highest BCUT2D eigenvalue weighted by molar-refractivity contribution is 6.05. The summed E-state index contributed by atoms with van der Waals surface area (Å²) in [6.07, 6.45) is 12.2. The van der Waals surface area contributed by atoms with Crippen LogP contribution in [0.2, 0.25) is 0 Å². The van der Waals surface area contributed by atoms with E-state index in [0.29, 0.717) is 11.8 Å². The Hall–Kier alpha value is -2.71. The van der Waals surface area contributed by atoms with Crippen molar-refractivity contribution in [3.05, 3.63) is 11.6 Å². The normalized spacial score (nSPS) is 43.8. The molecule has 6 aliphatic rings. The quantitative estimate of drug-likeness (QED) is 0.122. The molecule has 6 rings (SSSR count). The number of carbonyl (C=O) groups is 4. The number of hydrogen-bond donors (Lipinski definition) is 2. The number of rotatable bonds is 4. The number of esters is 1. The Morgan fingerprint density at radius 2 is 1.67 bits per heavy atom. The van der Waals surface area contributed by atoms with Crippen molar-refractivity contribution >= 4 is 29.6 Å². The highest BCUT2D eigenvalue weighted by Crippen LogP contribution is 2.75. The van der Waals surface area contributed by atoms with Gasteiger partial charge in [-0.1, -0.05) is 65.3 Å². The van der Waals surface area contributed by atoms with Gasteiger partial charge in [0, 0.05) is 5.41 Å². The molecule has 248 valence electrons. The SMILES string of the molecule is COC(=O)[C@]12CCC(C)(C)C[C@H]1C1=CC[C@@H]3[C@@]4(C)CC/C(=N/OC(=O)C[C@@H]5NC(=O)NC5=O)C(C)(C)[C@@H]4CC[C@@]3(C)[C@]1(C)CC2. The number of nitrogens with one attached hydrogen (secondary N) is 2. The number of hydrogen-bond acceptors (Lipinski definition) is 7. The first-order valence-electron chi connectivity index (χ1n) is 17.1.